The number of aryl methyl sites for hydroxylation is 3. The lowest BCUT2D eigenvalue weighted by Gasteiger charge is -2.19. The minimum atomic E-state index is -3.57. The molecule has 146 valence electrons. The molecule has 0 saturated heterocycles. The molecule has 0 aliphatic carbocycles. The van der Waals surface area contributed by atoms with E-state index in [0.717, 1.165) is 16.7 Å². The van der Waals surface area contributed by atoms with Gasteiger partial charge in [-0.3, -0.25) is 0 Å². The van der Waals surface area contributed by atoms with Crippen LogP contribution >= 0.6 is 0 Å². The number of carbonyl (C=O) groups is 1. The van der Waals surface area contributed by atoms with Crippen LogP contribution in [0.5, 0.6) is 0 Å². The normalized spacial score (nSPS) is 11.3. The molecular formula is C20H27N3O3S. The number of carbonyl (C=O) groups excluding carboxylic acids is 1. The second-order valence-electron chi connectivity index (χ2n) is 6.73. The number of urea groups is 1. The van der Waals surface area contributed by atoms with Crippen LogP contribution in [0.2, 0.25) is 0 Å². The van der Waals surface area contributed by atoms with Gasteiger partial charge >= 0.3 is 6.03 Å². The molecule has 0 heterocycles. The Hall–Kier alpha value is -2.38. The molecule has 0 aliphatic rings. The molecule has 0 aromatic heterocycles. The predicted molar refractivity (Wildman–Crippen MR) is 107 cm³/mol. The van der Waals surface area contributed by atoms with E-state index in [9.17, 15) is 13.2 Å². The first-order valence-corrected chi connectivity index (χ1v) is 10.3. The summed E-state index contributed by atoms with van der Waals surface area (Å²) in [6.45, 7) is 6.78. The molecule has 0 fully saturated rings. The summed E-state index contributed by atoms with van der Waals surface area (Å²) in [6.07, 6.45) is 0. The smallest absolute Gasteiger partial charge is 0.317 e. The molecule has 7 heteroatoms. The topological polar surface area (TPSA) is 78.5 Å². The van der Waals surface area contributed by atoms with E-state index in [0.29, 0.717) is 6.54 Å². The van der Waals surface area contributed by atoms with Gasteiger partial charge < -0.3 is 10.2 Å². The van der Waals surface area contributed by atoms with Gasteiger partial charge in [0.05, 0.1) is 4.90 Å². The second kappa shape index (κ2) is 9.01. The SMILES string of the molecule is Cc1ccc(S(=O)(=O)NCCNC(=O)N(C)Cc2ccc(C)cc2C)cc1. The Morgan fingerprint density at radius 2 is 1.59 bits per heavy atom. The summed E-state index contributed by atoms with van der Waals surface area (Å²) >= 11 is 0. The van der Waals surface area contributed by atoms with Crippen molar-refractivity contribution in [2.75, 3.05) is 20.1 Å². The molecule has 0 unspecified atom stereocenters. The fraction of sp³-hybridized carbons (Fsp3) is 0.350. The fourth-order valence-electron chi connectivity index (χ4n) is 2.64. The quantitative estimate of drug-likeness (QED) is 0.715. The van der Waals surface area contributed by atoms with Gasteiger partial charge in [-0.2, -0.15) is 0 Å². The molecule has 0 spiro atoms. The zero-order valence-electron chi connectivity index (χ0n) is 16.2. The lowest BCUT2D eigenvalue weighted by Crippen LogP contribution is -2.41. The molecule has 0 radical (unpaired) electrons. The van der Waals surface area contributed by atoms with E-state index in [4.69, 9.17) is 0 Å². The Balaban J connectivity index is 1.80. The van der Waals surface area contributed by atoms with Gasteiger partial charge in [0.2, 0.25) is 10.0 Å². The molecule has 0 bridgehead atoms. The summed E-state index contributed by atoms with van der Waals surface area (Å²) < 4.78 is 26.9. The number of benzene rings is 2. The molecule has 2 N–H and O–H groups in total. The van der Waals surface area contributed by atoms with E-state index in [1.807, 2.05) is 32.9 Å². The van der Waals surface area contributed by atoms with Crippen molar-refractivity contribution in [1.82, 2.24) is 14.9 Å². The maximum atomic E-state index is 12.2. The van der Waals surface area contributed by atoms with Crippen molar-refractivity contribution in [2.45, 2.75) is 32.2 Å². The lowest BCUT2D eigenvalue weighted by molar-refractivity contribution is 0.207. The Bertz CT molecular complexity index is 893. The number of rotatable bonds is 7. The number of hydrogen-bond acceptors (Lipinski definition) is 3. The van der Waals surface area contributed by atoms with E-state index < -0.39 is 10.0 Å². The van der Waals surface area contributed by atoms with E-state index in [1.54, 1.807) is 36.2 Å². The maximum absolute atomic E-state index is 12.2. The Morgan fingerprint density at radius 3 is 2.22 bits per heavy atom. The van der Waals surface area contributed by atoms with Gasteiger partial charge in [0.1, 0.15) is 0 Å². The van der Waals surface area contributed by atoms with Crippen LogP contribution in [0.4, 0.5) is 4.79 Å². The van der Waals surface area contributed by atoms with Crippen LogP contribution in [-0.2, 0) is 16.6 Å². The van der Waals surface area contributed by atoms with E-state index in [2.05, 4.69) is 16.1 Å². The van der Waals surface area contributed by atoms with Crippen LogP contribution in [0.1, 0.15) is 22.3 Å². The molecule has 0 atom stereocenters. The van der Waals surface area contributed by atoms with Crippen molar-refractivity contribution in [3.8, 4) is 0 Å². The summed E-state index contributed by atoms with van der Waals surface area (Å²) in [5.41, 5.74) is 4.40. The summed E-state index contributed by atoms with van der Waals surface area (Å²) in [6, 6.07) is 12.5. The standard InChI is InChI=1S/C20H27N3O3S/c1-15-6-9-19(10-7-15)27(25,26)22-12-11-21-20(24)23(4)14-18-8-5-16(2)13-17(18)3/h5-10,13,22H,11-12,14H2,1-4H3,(H,21,24). The summed E-state index contributed by atoms with van der Waals surface area (Å²) in [5, 5.41) is 2.73. The highest BCUT2D eigenvalue weighted by Crippen LogP contribution is 2.12. The van der Waals surface area contributed by atoms with Crippen molar-refractivity contribution in [3.63, 3.8) is 0 Å². The molecule has 2 amide bonds. The number of hydrogen-bond donors (Lipinski definition) is 2. The molecule has 2 aromatic rings. The number of sulfonamides is 1. The first-order valence-electron chi connectivity index (χ1n) is 8.80. The molecular weight excluding hydrogens is 362 g/mol. The average Bonchev–Trinajstić information content (AvgIpc) is 2.61. The van der Waals surface area contributed by atoms with Gasteiger partial charge in [0.15, 0.2) is 0 Å². The second-order valence-corrected chi connectivity index (χ2v) is 8.50. The number of amides is 2. The van der Waals surface area contributed by atoms with Crippen molar-refractivity contribution in [1.29, 1.82) is 0 Å². The Labute approximate surface area is 161 Å². The van der Waals surface area contributed by atoms with Crippen molar-refractivity contribution >= 4 is 16.1 Å². The third-order valence-electron chi connectivity index (χ3n) is 4.28. The number of nitrogens with zero attached hydrogens (tertiary/aromatic N) is 1. The van der Waals surface area contributed by atoms with E-state index in [1.165, 1.54) is 5.56 Å². The predicted octanol–water partition coefficient (Wildman–Crippen LogP) is 2.73. The molecule has 2 aromatic carbocycles. The average molecular weight is 390 g/mol. The zero-order chi connectivity index (χ0) is 20.0. The largest absolute Gasteiger partial charge is 0.337 e. The van der Waals surface area contributed by atoms with Gasteiger partial charge in [0, 0.05) is 26.7 Å². The third kappa shape index (κ3) is 6.08. The van der Waals surface area contributed by atoms with E-state index >= 15 is 0 Å². The third-order valence-corrected chi connectivity index (χ3v) is 5.75. The Kier molecular flexibility index (Phi) is 6.98. The summed E-state index contributed by atoms with van der Waals surface area (Å²) in [7, 11) is -1.85. The first kappa shape index (κ1) is 20.9. The highest BCUT2D eigenvalue weighted by atomic mass is 32.2. The highest BCUT2D eigenvalue weighted by Gasteiger charge is 2.14. The molecule has 27 heavy (non-hydrogen) atoms. The van der Waals surface area contributed by atoms with Crippen molar-refractivity contribution < 1.29 is 13.2 Å². The highest BCUT2D eigenvalue weighted by molar-refractivity contribution is 7.89. The molecule has 0 aliphatic heterocycles. The Morgan fingerprint density at radius 1 is 0.963 bits per heavy atom. The summed E-state index contributed by atoms with van der Waals surface area (Å²) in [5.74, 6) is 0. The van der Waals surface area contributed by atoms with Crippen molar-refractivity contribution in [3.05, 3.63) is 64.7 Å². The zero-order valence-corrected chi connectivity index (χ0v) is 17.1. The van der Waals surface area contributed by atoms with Crippen LogP contribution in [0.3, 0.4) is 0 Å². The minimum absolute atomic E-state index is 0.124. The van der Waals surface area contributed by atoms with Gasteiger partial charge in [0.25, 0.3) is 0 Å². The number of nitrogens with one attached hydrogen (secondary N) is 2. The van der Waals surface area contributed by atoms with Crippen LogP contribution in [0, 0.1) is 20.8 Å². The van der Waals surface area contributed by atoms with Crippen molar-refractivity contribution in [2.24, 2.45) is 0 Å². The fourth-order valence-corrected chi connectivity index (χ4v) is 3.67. The van der Waals surface area contributed by atoms with Gasteiger partial charge in [-0.15, -0.1) is 0 Å². The first-order chi connectivity index (χ1) is 12.7. The van der Waals surface area contributed by atoms with Crippen LogP contribution < -0.4 is 10.0 Å². The maximum Gasteiger partial charge on any atom is 0.317 e. The molecule has 6 nitrogen and oxygen atoms in total. The van der Waals surface area contributed by atoms with Crippen LogP contribution in [0.15, 0.2) is 47.4 Å². The lowest BCUT2D eigenvalue weighted by atomic mass is 10.1. The minimum Gasteiger partial charge on any atom is -0.337 e. The summed E-state index contributed by atoms with van der Waals surface area (Å²) in [4.78, 5) is 14.0. The monoisotopic (exact) mass is 389 g/mol. The van der Waals surface area contributed by atoms with Gasteiger partial charge in [-0.1, -0.05) is 41.5 Å². The van der Waals surface area contributed by atoms with Crippen LogP contribution in [0.25, 0.3) is 0 Å². The van der Waals surface area contributed by atoms with E-state index in [-0.39, 0.29) is 24.0 Å². The van der Waals surface area contributed by atoms with Gasteiger partial charge in [-0.25, -0.2) is 17.9 Å². The molecule has 0 saturated carbocycles. The molecule has 2 rings (SSSR count). The van der Waals surface area contributed by atoms with Crippen LogP contribution in [-0.4, -0.2) is 39.5 Å². The van der Waals surface area contributed by atoms with Gasteiger partial charge in [-0.05, 0) is 44.0 Å².